The van der Waals surface area contributed by atoms with Gasteiger partial charge in [0.25, 0.3) is 5.56 Å². The van der Waals surface area contributed by atoms with E-state index in [-0.39, 0.29) is 17.6 Å². The van der Waals surface area contributed by atoms with Crippen molar-refractivity contribution in [2.24, 2.45) is 0 Å². The van der Waals surface area contributed by atoms with Crippen LogP contribution in [0.15, 0.2) is 53.5 Å². The van der Waals surface area contributed by atoms with Crippen LogP contribution in [0, 0.1) is 0 Å². The molecule has 1 atom stereocenters. The maximum absolute atomic E-state index is 12.3. The minimum Gasteiger partial charge on any atom is -0.387 e. The summed E-state index contributed by atoms with van der Waals surface area (Å²) in [5.74, 6) is 0.309. The molecule has 1 unspecified atom stereocenters. The van der Waals surface area contributed by atoms with Crippen molar-refractivity contribution in [3.63, 3.8) is 0 Å². The standard InChI is InChI=1S/C21H23N5O2/c1-21(2,3)26-18-16(11-23-26)19(28)25-20(24-18)22-12-17(27)15-9-8-13-6-4-5-7-14(13)10-15/h4-11,17,27H,12H2,1-3H3,(H2,22,24,25,28). The molecule has 0 amide bonds. The molecule has 144 valence electrons. The van der Waals surface area contributed by atoms with Gasteiger partial charge in [-0.3, -0.25) is 9.78 Å². The molecular formula is C21H23N5O2. The molecular weight excluding hydrogens is 354 g/mol. The van der Waals surface area contributed by atoms with E-state index in [1.54, 1.807) is 4.68 Å². The van der Waals surface area contributed by atoms with Crippen LogP contribution in [0.3, 0.4) is 0 Å². The molecule has 28 heavy (non-hydrogen) atoms. The van der Waals surface area contributed by atoms with Gasteiger partial charge in [-0.2, -0.15) is 10.1 Å². The highest BCUT2D eigenvalue weighted by atomic mass is 16.3. The number of hydrogen-bond acceptors (Lipinski definition) is 5. The van der Waals surface area contributed by atoms with Crippen molar-refractivity contribution in [2.45, 2.75) is 32.4 Å². The summed E-state index contributed by atoms with van der Waals surface area (Å²) in [7, 11) is 0. The summed E-state index contributed by atoms with van der Waals surface area (Å²) in [6.45, 7) is 6.22. The van der Waals surface area contributed by atoms with Crippen molar-refractivity contribution < 1.29 is 5.11 Å². The average Bonchev–Trinajstić information content (AvgIpc) is 3.10. The number of H-pyrrole nitrogens is 1. The van der Waals surface area contributed by atoms with E-state index in [9.17, 15) is 9.90 Å². The Hall–Kier alpha value is -3.19. The quantitative estimate of drug-likeness (QED) is 0.508. The first-order valence-electron chi connectivity index (χ1n) is 9.22. The lowest BCUT2D eigenvalue weighted by Crippen LogP contribution is -2.24. The summed E-state index contributed by atoms with van der Waals surface area (Å²) in [6, 6.07) is 13.9. The summed E-state index contributed by atoms with van der Waals surface area (Å²) in [4.78, 5) is 19.6. The third-order valence-electron chi connectivity index (χ3n) is 4.69. The Bertz CT molecular complexity index is 1200. The van der Waals surface area contributed by atoms with Gasteiger partial charge in [-0.25, -0.2) is 4.68 Å². The molecule has 7 nitrogen and oxygen atoms in total. The molecule has 0 spiro atoms. The van der Waals surface area contributed by atoms with E-state index in [0.29, 0.717) is 17.0 Å². The highest BCUT2D eigenvalue weighted by molar-refractivity contribution is 5.83. The molecule has 0 saturated heterocycles. The molecule has 0 radical (unpaired) electrons. The number of aliphatic hydroxyl groups is 1. The van der Waals surface area contributed by atoms with Gasteiger partial charge < -0.3 is 10.4 Å². The highest BCUT2D eigenvalue weighted by Gasteiger charge is 2.20. The lowest BCUT2D eigenvalue weighted by molar-refractivity contribution is 0.191. The first-order valence-corrected chi connectivity index (χ1v) is 9.22. The van der Waals surface area contributed by atoms with E-state index in [1.165, 1.54) is 6.20 Å². The molecule has 7 heteroatoms. The number of anilines is 1. The highest BCUT2D eigenvalue weighted by Crippen LogP contribution is 2.21. The first-order chi connectivity index (χ1) is 13.3. The maximum Gasteiger partial charge on any atom is 0.263 e. The van der Waals surface area contributed by atoms with E-state index < -0.39 is 6.10 Å². The predicted molar refractivity (Wildman–Crippen MR) is 111 cm³/mol. The van der Waals surface area contributed by atoms with Crippen LogP contribution in [0.5, 0.6) is 0 Å². The second-order valence-electron chi connectivity index (χ2n) is 7.88. The molecule has 0 fully saturated rings. The molecule has 0 aliphatic carbocycles. The van der Waals surface area contributed by atoms with Crippen molar-refractivity contribution in [3.05, 3.63) is 64.6 Å². The van der Waals surface area contributed by atoms with E-state index in [0.717, 1.165) is 16.3 Å². The SMILES string of the molecule is CC(C)(C)n1ncc2c(=O)[nH]c(NCC(O)c3ccc4ccccc4c3)nc21. The molecule has 2 aromatic carbocycles. The lowest BCUT2D eigenvalue weighted by Gasteiger charge is -2.20. The minimum absolute atomic E-state index is 0.219. The maximum atomic E-state index is 12.3. The molecule has 0 aliphatic heterocycles. The van der Waals surface area contributed by atoms with Gasteiger partial charge in [0.05, 0.1) is 17.8 Å². The Morgan fingerprint density at radius 2 is 1.93 bits per heavy atom. The molecule has 0 bridgehead atoms. The predicted octanol–water partition coefficient (Wildman–Crippen LogP) is 3.17. The molecule has 2 heterocycles. The Morgan fingerprint density at radius 3 is 2.68 bits per heavy atom. The van der Waals surface area contributed by atoms with E-state index >= 15 is 0 Å². The van der Waals surface area contributed by atoms with Gasteiger partial charge in [0, 0.05) is 6.54 Å². The second-order valence-corrected chi connectivity index (χ2v) is 7.88. The number of aromatic amines is 1. The second kappa shape index (κ2) is 6.76. The van der Waals surface area contributed by atoms with Gasteiger partial charge in [0.2, 0.25) is 5.95 Å². The van der Waals surface area contributed by atoms with Crippen molar-refractivity contribution in [3.8, 4) is 0 Å². The fourth-order valence-electron chi connectivity index (χ4n) is 3.22. The molecule has 4 aromatic rings. The monoisotopic (exact) mass is 377 g/mol. The van der Waals surface area contributed by atoms with Gasteiger partial charge in [0.15, 0.2) is 5.65 Å². The third-order valence-corrected chi connectivity index (χ3v) is 4.69. The Balaban J connectivity index is 1.58. The zero-order chi connectivity index (χ0) is 19.9. The summed E-state index contributed by atoms with van der Waals surface area (Å²) >= 11 is 0. The number of hydrogen-bond donors (Lipinski definition) is 3. The number of aliphatic hydroxyl groups excluding tert-OH is 1. The third kappa shape index (κ3) is 3.36. The number of nitrogens with one attached hydrogen (secondary N) is 2. The molecule has 3 N–H and O–H groups in total. The van der Waals surface area contributed by atoms with Crippen LogP contribution in [-0.4, -0.2) is 31.4 Å². The zero-order valence-corrected chi connectivity index (χ0v) is 16.1. The molecule has 0 saturated carbocycles. The number of fused-ring (bicyclic) bond motifs is 2. The summed E-state index contributed by atoms with van der Waals surface area (Å²) in [6.07, 6.45) is 0.790. The Kier molecular flexibility index (Phi) is 4.39. The van der Waals surface area contributed by atoms with Gasteiger partial charge in [-0.05, 0) is 43.2 Å². The number of aromatic nitrogens is 4. The van der Waals surface area contributed by atoms with Gasteiger partial charge in [-0.1, -0.05) is 36.4 Å². The van der Waals surface area contributed by atoms with Gasteiger partial charge in [-0.15, -0.1) is 0 Å². The molecule has 0 aliphatic rings. The van der Waals surface area contributed by atoms with E-state index in [1.807, 2.05) is 63.2 Å². The average molecular weight is 377 g/mol. The van der Waals surface area contributed by atoms with E-state index in [4.69, 9.17) is 0 Å². The molecule has 2 aromatic heterocycles. The van der Waals surface area contributed by atoms with E-state index in [2.05, 4.69) is 20.4 Å². The number of nitrogens with zero attached hydrogens (tertiary/aromatic N) is 3. The molecule has 4 rings (SSSR count). The normalized spacial score (nSPS) is 13.1. The summed E-state index contributed by atoms with van der Waals surface area (Å²) < 4.78 is 1.72. The Morgan fingerprint density at radius 1 is 1.18 bits per heavy atom. The topological polar surface area (TPSA) is 95.8 Å². The lowest BCUT2D eigenvalue weighted by atomic mass is 10.0. The van der Waals surface area contributed by atoms with Crippen molar-refractivity contribution >= 4 is 27.8 Å². The van der Waals surface area contributed by atoms with Crippen LogP contribution < -0.4 is 10.9 Å². The first kappa shape index (κ1) is 18.2. The number of benzene rings is 2. The van der Waals surface area contributed by atoms with Gasteiger partial charge in [0.1, 0.15) is 5.39 Å². The minimum atomic E-state index is -0.738. The van der Waals surface area contributed by atoms with Crippen molar-refractivity contribution in [2.75, 3.05) is 11.9 Å². The van der Waals surface area contributed by atoms with Crippen LogP contribution in [-0.2, 0) is 5.54 Å². The van der Waals surface area contributed by atoms with Crippen LogP contribution in [0.1, 0.15) is 32.4 Å². The fraction of sp³-hybridized carbons (Fsp3) is 0.286. The van der Waals surface area contributed by atoms with Gasteiger partial charge >= 0.3 is 0 Å². The Labute approximate surface area is 162 Å². The summed E-state index contributed by atoms with van der Waals surface area (Å²) in [5.41, 5.74) is 0.751. The van der Waals surface area contributed by atoms with Crippen LogP contribution in [0.4, 0.5) is 5.95 Å². The largest absolute Gasteiger partial charge is 0.387 e. The van der Waals surface area contributed by atoms with Crippen molar-refractivity contribution in [1.29, 1.82) is 0 Å². The van der Waals surface area contributed by atoms with Crippen LogP contribution in [0.2, 0.25) is 0 Å². The fourth-order valence-corrected chi connectivity index (χ4v) is 3.22. The summed E-state index contributed by atoms with van der Waals surface area (Å²) in [5, 5.41) is 20.5. The van der Waals surface area contributed by atoms with Crippen molar-refractivity contribution in [1.82, 2.24) is 19.7 Å². The zero-order valence-electron chi connectivity index (χ0n) is 16.1. The van der Waals surface area contributed by atoms with Crippen LogP contribution in [0.25, 0.3) is 21.8 Å². The number of rotatable bonds is 4. The van der Waals surface area contributed by atoms with Crippen LogP contribution >= 0.6 is 0 Å². The smallest absolute Gasteiger partial charge is 0.263 e.